The van der Waals surface area contributed by atoms with Crippen LogP contribution in [0.4, 0.5) is 0 Å². The molecule has 0 bridgehead atoms. The molecule has 0 atom stereocenters. The number of fused-ring (bicyclic) bond motifs is 2. The summed E-state index contributed by atoms with van der Waals surface area (Å²) in [7, 11) is 0. The zero-order valence-electron chi connectivity index (χ0n) is 16.3. The molecule has 2 aliphatic rings. The van der Waals surface area contributed by atoms with Crippen LogP contribution in [0.15, 0.2) is 28.1 Å². The molecule has 1 aliphatic carbocycles. The van der Waals surface area contributed by atoms with Crippen molar-refractivity contribution < 1.29 is 4.79 Å². The standard InChI is InChI=1S/C22H27NOS3/c1-14-9-11-16-17(13-14)23(18(24)12-10-15-7-5-4-6-8-15)21-20(19(16)25)26-22(2,3)27-21/h9,11,13,15H,4-8,10,12H2,1-3H3. The van der Waals surface area contributed by atoms with Crippen molar-refractivity contribution in [2.75, 3.05) is 0 Å². The zero-order chi connectivity index (χ0) is 19.2. The maximum atomic E-state index is 13.4. The SMILES string of the molecule is Cc1ccc2c(=S)c3c(n(C(=O)CCC4CCCCC4)c2c1)SC(C)(C)S3. The molecule has 5 heteroatoms. The van der Waals surface area contributed by atoms with Gasteiger partial charge in [0, 0.05) is 11.8 Å². The Kier molecular flexibility index (Phi) is 5.47. The number of pyridine rings is 1. The van der Waals surface area contributed by atoms with E-state index in [4.69, 9.17) is 12.2 Å². The first-order valence-electron chi connectivity index (χ1n) is 9.96. The van der Waals surface area contributed by atoms with Crippen molar-refractivity contribution in [1.82, 2.24) is 4.57 Å². The van der Waals surface area contributed by atoms with Crippen LogP contribution in [-0.2, 0) is 0 Å². The third kappa shape index (κ3) is 3.88. The zero-order valence-corrected chi connectivity index (χ0v) is 18.8. The summed E-state index contributed by atoms with van der Waals surface area (Å²) >= 11 is 9.41. The lowest BCUT2D eigenvalue weighted by molar-refractivity contribution is 0.0883. The van der Waals surface area contributed by atoms with Crippen LogP contribution in [0.2, 0.25) is 0 Å². The number of carbonyl (C=O) groups is 1. The average Bonchev–Trinajstić information content (AvgIpc) is 2.96. The Bertz CT molecular complexity index is 954. The van der Waals surface area contributed by atoms with Crippen molar-refractivity contribution in [2.24, 2.45) is 5.92 Å². The van der Waals surface area contributed by atoms with Crippen LogP contribution >= 0.6 is 35.7 Å². The fourth-order valence-electron chi connectivity index (χ4n) is 4.29. The summed E-state index contributed by atoms with van der Waals surface area (Å²) in [5.74, 6) is 0.953. The molecular weight excluding hydrogens is 390 g/mol. The van der Waals surface area contributed by atoms with E-state index < -0.39 is 0 Å². The number of aryl methyl sites for hydroxylation is 1. The fourth-order valence-corrected chi connectivity index (χ4v) is 7.48. The molecule has 2 nitrogen and oxygen atoms in total. The predicted octanol–water partition coefficient (Wildman–Crippen LogP) is 7.61. The molecule has 27 heavy (non-hydrogen) atoms. The van der Waals surface area contributed by atoms with Crippen LogP contribution in [0.1, 0.15) is 69.2 Å². The van der Waals surface area contributed by atoms with Crippen molar-refractivity contribution in [2.45, 2.75) is 79.7 Å². The molecule has 1 aromatic carbocycles. The van der Waals surface area contributed by atoms with E-state index in [9.17, 15) is 4.79 Å². The number of carbonyl (C=O) groups excluding carboxylic acids is 1. The molecule has 2 heterocycles. The van der Waals surface area contributed by atoms with Gasteiger partial charge in [0.1, 0.15) is 0 Å². The molecule has 1 aromatic heterocycles. The number of hydrogen-bond donors (Lipinski definition) is 0. The summed E-state index contributed by atoms with van der Waals surface area (Å²) in [6.07, 6.45) is 8.25. The average molecular weight is 418 g/mol. The van der Waals surface area contributed by atoms with E-state index in [0.29, 0.717) is 6.42 Å². The first kappa shape index (κ1) is 19.5. The number of nitrogens with zero attached hydrogens (tertiary/aromatic N) is 1. The second-order valence-electron chi connectivity index (χ2n) is 8.36. The molecule has 0 radical (unpaired) electrons. The van der Waals surface area contributed by atoms with Gasteiger partial charge in [-0.1, -0.05) is 68.2 Å². The van der Waals surface area contributed by atoms with Crippen LogP contribution in [0.3, 0.4) is 0 Å². The lowest BCUT2D eigenvalue weighted by atomic mass is 9.86. The topological polar surface area (TPSA) is 22.0 Å². The molecule has 0 N–H and O–H groups in total. The minimum Gasteiger partial charge on any atom is -0.274 e. The van der Waals surface area contributed by atoms with Crippen LogP contribution in [0.5, 0.6) is 0 Å². The highest BCUT2D eigenvalue weighted by Crippen LogP contribution is 2.56. The van der Waals surface area contributed by atoms with Crippen LogP contribution in [0.25, 0.3) is 10.9 Å². The maximum Gasteiger partial charge on any atom is 0.232 e. The van der Waals surface area contributed by atoms with Gasteiger partial charge >= 0.3 is 0 Å². The normalized spacial score (nSPS) is 19.4. The summed E-state index contributed by atoms with van der Waals surface area (Å²) in [5.41, 5.74) is 2.15. The van der Waals surface area contributed by atoms with Crippen LogP contribution in [0, 0.1) is 17.4 Å². The van der Waals surface area contributed by atoms with Gasteiger partial charge in [0.2, 0.25) is 5.91 Å². The minimum atomic E-state index is 0.00765. The van der Waals surface area contributed by atoms with E-state index in [1.807, 2.05) is 4.57 Å². The van der Waals surface area contributed by atoms with E-state index in [1.165, 1.54) is 37.7 Å². The summed E-state index contributed by atoms with van der Waals surface area (Å²) in [5, 5.41) is 2.09. The second-order valence-corrected chi connectivity index (χ2v) is 12.3. The summed E-state index contributed by atoms with van der Waals surface area (Å²) in [6, 6.07) is 6.31. The minimum absolute atomic E-state index is 0.00765. The van der Waals surface area contributed by atoms with Crippen molar-refractivity contribution in [1.29, 1.82) is 0 Å². The molecule has 4 rings (SSSR count). The van der Waals surface area contributed by atoms with Gasteiger partial charge in [0.05, 0.1) is 24.0 Å². The van der Waals surface area contributed by atoms with E-state index in [2.05, 4.69) is 39.0 Å². The molecular formula is C22H27NOS3. The smallest absolute Gasteiger partial charge is 0.232 e. The van der Waals surface area contributed by atoms with Crippen molar-refractivity contribution in [3.63, 3.8) is 0 Å². The summed E-state index contributed by atoms with van der Waals surface area (Å²) in [6.45, 7) is 6.51. The Morgan fingerprint density at radius 1 is 1.22 bits per heavy atom. The lowest BCUT2D eigenvalue weighted by Crippen LogP contribution is -2.17. The first-order chi connectivity index (χ1) is 12.9. The molecule has 1 saturated carbocycles. The Labute approximate surface area is 175 Å². The van der Waals surface area contributed by atoms with Gasteiger partial charge in [0.15, 0.2) is 0 Å². The maximum absolute atomic E-state index is 13.4. The molecule has 0 amide bonds. The quantitative estimate of drug-likeness (QED) is 0.479. The van der Waals surface area contributed by atoms with E-state index >= 15 is 0 Å². The van der Waals surface area contributed by atoms with Gasteiger partial charge in [-0.25, -0.2) is 0 Å². The van der Waals surface area contributed by atoms with Gasteiger partial charge in [-0.05, 0) is 44.7 Å². The van der Waals surface area contributed by atoms with Crippen molar-refractivity contribution in [3.8, 4) is 0 Å². The lowest BCUT2D eigenvalue weighted by Gasteiger charge is -2.22. The van der Waals surface area contributed by atoms with Gasteiger partial charge in [0.25, 0.3) is 0 Å². The van der Waals surface area contributed by atoms with Crippen LogP contribution in [-0.4, -0.2) is 14.6 Å². The van der Waals surface area contributed by atoms with Crippen molar-refractivity contribution in [3.05, 3.63) is 28.3 Å². The predicted molar refractivity (Wildman–Crippen MR) is 120 cm³/mol. The number of rotatable bonds is 3. The highest BCUT2D eigenvalue weighted by Gasteiger charge is 2.35. The summed E-state index contributed by atoms with van der Waals surface area (Å²) in [4.78, 5) is 14.5. The number of benzene rings is 1. The third-order valence-corrected chi connectivity index (χ3v) is 9.02. The number of hydrogen-bond acceptors (Lipinski definition) is 4. The van der Waals surface area contributed by atoms with Gasteiger partial charge < -0.3 is 0 Å². The number of aromatic nitrogens is 1. The molecule has 1 fully saturated rings. The van der Waals surface area contributed by atoms with E-state index in [0.717, 1.165) is 37.7 Å². The summed E-state index contributed by atoms with van der Waals surface area (Å²) < 4.78 is 2.90. The molecule has 0 unspecified atom stereocenters. The molecule has 0 saturated heterocycles. The Hall–Kier alpha value is -0.780. The number of thioether (sulfide) groups is 2. The Balaban J connectivity index is 1.76. The molecule has 144 valence electrons. The van der Waals surface area contributed by atoms with Gasteiger partial charge in [-0.3, -0.25) is 9.36 Å². The monoisotopic (exact) mass is 417 g/mol. The third-order valence-electron chi connectivity index (χ3n) is 5.67. The Morgan fingerprint density at radius 3 is 2.70 bits per heavy atom. The molecule has 2 aromatic rings. The highest BCUT2D eigenvalue weighted by molar-refractivity contribution is 8.20. The second kappa shape index (κ2) is 7.57. The molecule has 0 spiro atoms. The first-order valence-corrected chi connectivity index (χ1v) is 12.0. The fraction of sp³-hybridized carbons (Fsp3) is 0.545. The van der Waals surface area contributed by atoms with Crippen molar-refractivity contribution >= 4 is 52.6 Å². The van der Waals surface area contributed by atoms with E-state index in [-0.39, 0.29) is 9.99 Å². The Morgan fingerprint density at radius 2 is 1.96 bits per heavy atom. The largest absolute Gasteiger partial charge is 0.274 e. The molecule has 1 aliphatic heterocycles. The van der Waals surface area contributed by atoms with E-state index in [1.54, 1.807) is 23.5 Å². The highest BCUT2D eigenvalue weighted by atomic mass is 32.2. The van der Waals surface area contributed by atoms with Gasteiger partial charge in [-0.2, -0.15) is 0 Å². The van der Waals surface area contributed by atoms with Gasteiger partial charge in [-0.15, -0.1) is 11.8 Å². The van der Waals surface area contributed by atoms with Crippen LogP contribution < -0.4 is 0 Å².